The summed E-state index contributed by atoms with van der Waals surface area (Å²) in [6.07, 6.45) is 0. The largest absolute Gasteiger partial charge is 0.450 e. The number of hydrogen-bond donors (Lipinski definition) is 0. The average molecular weight is 643 g/mol. The third-order valence-corrected chi connectivity index (χ3v) is 10.8. The predicted molar refractivity (Wildman–Crippen MR) is 203 cm³/mol. The molecule has 236 valence electrons. The number of imidazole rings is 1. The number of aromatic nitrogens is 2. The van der Waals surface area contributed by atoms with Crippen molar-refractivity contribution in [1.29, 1.82) is 0 Å². The van der Waals surface area contributed by atoms with Crippen LogP contribution in [-0.4, -0.2) is 9.38 Å². The summed E-state index contributed by atoms with van der Waals surface area (Å²) >= 11 is 0. The maximum Gasteiger partial charge on any atom is 0.170 e. The Hall–Kier alpha value is -6.39. The predicted octanol–water partition coefficient (Wildman–Crippen LogP) is 12.3. The van der Waals surface area contributed by atoms with Crippen LogP contribution in [0.5, 0.6) is 23.0 Å². The summed E-state index contributed by atoms with van der Waals surface area (Å²) < 4.78 is 15.5. The zero-order valence-corrected chi connectivity index (χ0v) is 27.6. The lowest BCUT2D eigenvalue weighted by atomic mass is 9.82. The Morgan fingerprint density at radius 3 is 1.96 bits per heavy atom. The molecule has 7 aromatic carbocycles. The maximum absolute atomic E-state index is 6.63. The molecule has 0 saturated carbocycles. The van der Waals surface area contributed by atoms with Gasteiger partial charge in [-0.1, -0.05) is 111 Å². The van der Waals surface area contributed by atoms with E-state index in [9.17, 15) is 0 Å². The molecule has 4 heteroatoms. The summed E-state index contributed by atoms with van der Waals surface area (Å²) in [6.45, 7) is 4.56. The van der Waals surface area contributed by atoms with E-state index in [1.807, 2.05) is 6.07 Å². The zero-order chi connectivity index (χ0) is 33.1. The maximum atomic E-state index is 6.63. The molecular formula is C46H30N2O2. The third kappa shape index (κ3) is 3.73. The molecule has 0 amide bonds. The highest BCUT2D eigenvalue weighted by molar-refractivity contribution is 6.15. The van der Waals surface area contributed by atoms with Crippen molar-refractivity contribution in [3.05, 3.63) is 157 Å². The van der Waals surface area contributed by atoms with Gasteiger partial charge in [0.2, 0.25) is 0 Å². The Morgan fingerprint density at radius 2 is 1.10 bits per heavy atom. The number of ether oxygens (including phenoxy) is 2. The van der Waals surface area contributed by atoms with Crippen molar-refractivity contribution in [2.75, 3.05) is 0 Å². The first kappa shape index (κ1) is 27.5. The number of pyridine rings is 1. The fourth-order valence-corrected chi connectivity index (χ4v) is 8.41. The van der Waals surface area contributed by atoms with Gasteiger partial charge in [0.15, 0.2) is 23.0 Å². The molecule has 0 N–H and O–H groups in total. The van der Waals surface area contributed by atoms with E-state index in [1.54, 1.807) is 0 Å². The van der Waals surface area contributed by atoms with Gasteiger partial charge in [0.1, 0.15) is 5.65 Å². The first-order chi connectivity index (χ1) is 24.5. The van der Waals surface area contributed by atoms with Crippen LogP contribution in [0.4, 0.5) is 0 Å². The van der Waals surface area contributed by atoms with Crippen LogP contribution in [0.25, 0.3) is 71.7 Å². The number of nitrogens with zero attached hydrogens (tertiary/aromatic N) is 2. The van der Waals surface area contributed by atoms with Crippen molar-refractivity contribution in [3.63, 3.8) is 0 Å². The average Bonchev–Trinajstić information content (AvgIpc) is 3.66. The quantitative estimate of drug-likeness (QED) is 0.176. The molecule has 4 nitrogen and oxygen atoms in total. The van der Waals surface area contributed by atoms with Crippen LogP contribution in [0.1, 0.15) is 25.0 Å². The summed E-state index contributed by atoms with van der Waals surface area (Å²) in [5, 5.41) is 3.53. The van der Waals surface area contributed by atoms with E-state index < -0.39 is 0 Å². The number of benzene rings is 7. The van der Waals surface area contributed by atoms with E-state index in [0.717, 1.165) is 67.1 Å². The van der Waals surface area contributed by atoms with Crippen LogP contribution in [0.15, 0.2) is 146 Å². The molecule has 0 fully saturated rings. The summed E-state index contributed by atoms with van der Waals surface area (Å²) in [5.41, 5.74) is 13.7. The van der Waals surface area contributed by atoms with Gasteiger partial charge in [-0.2, -0.15) is 0 Å². The van der Waals surface area contributed by atoms with Crippen molar-refractivity contribution in [3.8, 4) is 56.4 Å². The Kier molecular flexibility index (Phi) is 5.42. The van der Waals surface area contributed by atoms with Crippen LogP contribution < -0.4 is 9.47 Å². The highest BCUT2D eigenvalue weighted by Gasteiger charge is 2.37. The fourth-order valence-electron chi connectivity index (χ4n) is 8.41. The van der Waals surface area contributed by atoms with E-state index in [0.29, 0.717) is 5.75 Å². The van der Waals surface area contributed by atoms with Gasteiger partial charge in [0.05, 0.1) is 16.6 Å². The van der Waals surface area contributed by atoms with Crippen molar-refractivity contribution < 1.29 is 9.47 Å². The highest BCUT2D eigenvalue weighted by Crippen LogP contribution is 2.55. The molecule has 2 aliphatic rings. The minimum atomic E-state index is -0.106. The Balaban J connectivity index is 1.04. The summed E-state index contributed by atoms with van der Waals surface area (Å²) in [7, 11) is 0. The van der Waals surface area contributed by atoms with Gasteiger partial charge >= 0.3 is 0 Å². The number of rotatable bonds is 2. The molecule has 0 bridgehead atoms. The van der Waals surface area contributed by atoms with E-state index in [4.69, 9.17) is 14.5 Å². The third-order valence-electron chi connectivity index (χ3n) is 10.8. The number of para-hydroxylation sites is 3. The number of fused-ring (bicyclic) bond motifs is 13. The van der Waals surface area contributed by atoms with Crippen LogP contribution >= 0.6 is 0 Å². The SMILES string of the molecule is CC1(C)c2ccccc2-c2cc3c(cc21)Oc1ccc(-c2ccccc2-c2ccc4c5ccccc5n5c6ccccc6nc5c4c2)cc1O3. The highest BCUT2D eigenvalue weighted by atomic mass is 16.6. The summed E-state index contributed by atoms with van der Waals surface area (Å²) in [6, 6.07) is 51.6. The van der Waals surface area contributed by atoms with E-state index >= 15 is 0 Å². The molecule has 1 aliphatic heterocycles. The molecule has 0 spiro atoms. The Bertz CT molecular complexity index is 2920. The lowest BCUT2D eigenvalue weighted by molar-refractivity contribution is 0.359. The van der Waals surface area contributed by atoms with Crippen LogP contribution in [0.3, 0.4) is 0 Å². The second kappa shape index (κ2) is 9.83. The van der Waals surface area contributed by atoms with E-state index in [1.165, 1.54) is 33.0 Å². The van der Waals surface area contributed by atoms with Gasteiger partial charge in [-0.05, 0) is 98.4 Å². The lowest BCUT2D eigenvalue weighted by Crippen LogP contribution is -2.15. The van der Waals surface area contributed by atoms with Crippen molar-refractivity contribution in [2.24, 2.45) is 0 Å². The van der Waals surface area contributed by atoms with E-state index in [2.05, 4.69) is 158 Å². The minimum absolute atomic E-state index is 0.106. The topological polar surface area (TPSA) is 35.8 Å². The van der Waals surface area contributed by atoms with Crippen molar-refractivity contribution in [1.82, 2.24) is 9.38 Å². The molecule has 11 rings (SSSR count). The molecule has 3 heterocycles. The molecule has 1 aliphatic carbocycles. The van der Waals surface area contributed by atoms with Crippen molar-refractivity contribution >= 4 is 38.4 Å². The normalized spacial score (nSPS) is 13.9. The van der Waals surface area contributed by atoms with Gasteiger partial charge in [-0.3, -0.25) is 4.40 Å². The molecule has 9 aromatic rings. The lowest BCUT2D eigenvalue weighted by Gasteiger charge is -2.25. The summed E-state index contributed by atoms with van der Waals surface area (Å²) in [5.74, 6) is 2.93. The van der Waals surface area contributed by atoms with Crippen LogP contribution in [0, 0.1) is 0 Å². The van der Waals surface area contributed by atoms with Crippen molar-refractivity contribution in [2.45, 2.75) is 19.3 Å². The Labute approximate surface area is 288 Å². The molecule has 0 saturated heterocycles. The van der Waals surface area contributed by atoms with Gasteiger partial charge < -0.3 is 9.47 Å². The molecule has 50 heavy (non-hydrogen) atoms. The van der Waals surface area contributed by atoms with Crippen LogP contribution in [-0.2, 0) is 5.41 Å². The number of hydrogen-bond acceptors (Lipinski definition) is 3. The standard InChI is InChI=1S/C46H30N2O2/c1-46(2)36-15-7-5-13-32(36)34-25-43-44(26-37(34)46)49-41-22-20-28(24-42(41)50-43)30-12-4-3-11-29(30)27-19-21-31-33-14-6-9-17-39(33)48-40-18-10-8-16-38(40)47-45(48)35(31)23-27/h3-26H,1-2H3. The first-order valence-corrected chi connectivity index (χ1v) is 17.1. The second-order valence-electron chi connectivity index (χ2n) is 14.0. The molecule has 0 unspecified atom stereocenters. The summed E-state index contributed by atoms with van der Waals surface area (Å²) in [4.78, 5) is 5.15. The smallest absolute Gasteiger partial charge is 0.170 e. The van der Waals surface area contributed by atoms with Gasteiger partial charge in [-0.25, -0.2) is 4.98 Å². The van der Waals surface area contributed by atoms with Crippen LogP contribution in [0.2, 0.25) is 0 Å². The molecular weight excluding hydrogens is 613 g/mol. The first-order valence-electron chi connectivity index (χ1n) is 17.1. The van der Waals surface area contributed by atoms with E-state index in [-0.39, 0.29) is 5.41 Å². The van der Waals surface area contributed by atoms with Gasteiger partial charge in [0.25, 0.3) is 0 Å². The van der Waals surface area contributed by atoms with Gasteiger partial charge in [0, 0.05) is 16.2 Å². The second-order valence-corrected chi connectivity index (χ2v) is 14.0. The zero-order valence-electron chi connectivity index (χ0n) is 27.6. The molecule has 0 radical (unpaired) electrons. The van der Waals surface area contributed by atoms with Gasteiger partial charge in [-0.15, -0.1) is 0 Å². The Morgan fingerprint density at radius 1 is 0.460 bits per heavy atom. The fraction of sp³-hybridized carbons (Fsp3) is 0.0652. The molecule has 2 aromatic heterocycles. The molecule has 0 atom stereocenters. The monoisotopic (exact) mass is 642 g/mol. The minimum Gasteiger partial charge on any atom is -0.450 e.